The SMILES string of the molecule is CN(C)C(=O)C=CCCO[Si](C)(C)C(C)(C)C. The summed E-state index contributed by atoms with van der Waals surface area (Å²) >= 11 is 0. The second kappa shape index (κ2) is 6.35. The summed E-state index contributed by atoms with van der Waals surface area (Å²) in [5.74, 6) is 0.0253. The molecule has 0 bridgehead atoms. The van der Waals surface area contributed by atoms with E-state index in [-0.39, 0.29) is 10.9 Å². The van der Waals surface area contributed by atoms with E-state index in [2.05, 4.69) is 33.9 Å². The molecule has 0 atom stereocenters. The van der Waals surface area contributed by atoms with Crippen molar-refractivity contribution in [3.05, 3.63) is 12.2 Å². The molecule has 0 aromatic heterocycles. The Morgan fingerprint density at radius 3 is 2.24 bits per heavy atom. The second-order valence-electron chi connectivity index (χ2n) is 6.03. The van der Waals surface area contributed by atoms with Crippen molar-refractivity contribution in [3.63, 3.8) is 0 Å². The van der Waals surface area contributed by atoms with E-state index >= 15 is 0 Å². The lowest BCUT2D eigenvalue weighted by Gasteiger charge is -2.36. The lowest BCUT2D eigenvalue weighted by molar-refractivity contribution is -0.123. The fourth-order valence-corrected chi connectivity index (χ4v) is 1.99. The maximum atomic E-state index is 11.3. The van der Waals surface area contributed by atoms with Crippen molar-refractivity contribution in [2.24, 2.45) is 0 Å². The monoisotopic (exact) mass is 257 g/mol. The summed E-state index contributed by atoms with van der Waals surface area (Å²) in [4.78, 5) is 12.8. The van der Waals surface area contributed by atoms with Crippen molar-refractivity contribution in [1.82, 2.24) is 4.90 Å². The minimum absolute atomic E-state index is 0.0253. The van der Waals surface area contributed by atoms with E-state index in [4.69, 9.17) is 4.43 Å². The molecule has 0 aromatic carbocycles. The molecule has 17 heavy (non-hydrogen) atoms. The van der Waals surface area contributed by atoms with Crippen molar-refractivity contribution in [2.45, 2.75) is 45.3 Å². The first-order valence-electron chi connectivity index (χ1n) is 6.10. The van der Waals surface area contributed by atoms with Crippen LogP contribution in [-0.2, 0) is 9.22 Å². The molecule has 0 rings (SSSR count). The molecule has 0 saturated carbocycles. The van der Waals surface area contributed by atoms with Gasteiger partial charge in [0.15, 0.2) is 8.32 Å². The highest BCUT2D eigenvalue weighted by molar-refractivity contribution is 6.74. The van der Waals surface area contributed by atoms with Gasteiger partial charge >= 0.3 is 0 Å². The summed E-state index contributed by atoms with van der Waals surface area (Å²) < 4.78 is 6.00. The number of carbonyl (C=O) groups excluding carboxylic acids is 1. The molecule has 0 saturated heterocycles. The summed E-state index contributed by atoms with van der Waals surface area (Å²) in [6.45, 7) is 11.9. The molecule has 0 fully saturated rings. The number of nitrogens with zero attached hydrogens (tertiary/aromatic N) is 1. The highest BCUT2D eigenvalue weighted by atomic mass is 28.4. The Hall–Kier alpha value is -0.613. The zero-order valence-corrected chi connectivity index (χ0v) is 13.3. The largest absolute Gasteiger partial charge is 0.417 e. The Morgan fingerprint density at radius 2 is 1.82 bits per heavy atom. The van der Waals surface area contributed by atoms with Crippen molar-refractivity contribution >= 4 is 14.2 Å². The summed E-state index contributed by atoms with van der Waals surface area (Å²) in [6, 6.07) is 0. The van der Waals surface area contributed by atoms with Gasteiger partial charge in [0.25, 0.3) is 0 Å². The Morgan fingerprint density at radius 1 is 1.29 bits per heavy atom. The Labute approximate surface area is 107 Å². The third-order valence-electron chi connectivity index (χ3n) is 3.25. The van der Waals surface area contributed by atoms with Crippen LogP contribution in [-0.4, -0.2) is 39.8 Å². The van der Waals surface area contributed by atoms with E-state index in [1.807, 2.05) is 6.08 Å². The van der Waals surface area contributed by atoms with Gasteiger partial charge in [-0.3, -0.25) is 4.79 Å². The molecule has 0 spiro atoms. The lowest BCUT2D eigenvalue weighted by Crippen LogP contribution is -2.40. The molecule has 0 aromatic rings. The van der Waals surface area contributed by atoms with Gasteiger partial charge in [-0.1, -0.05) is 26.8 Å². The van der Waals surface area contributed by atoms with Crippen LogP contribution in [0, 0.1) is 0 Å². The van der Waals surface area contributed by atoms with Gasteiger partial charge in [0, 0.05) is 20.7 Å². The van der Waals surface area contributed by atoms with Crippen LogP contribution in [0.25, 0.3) is 0 Å². The highest BCUT2D eigenvalue weighted by Gasteiger charge is 2.36. The molecule has 0 radical (unpaired) electrons. The summed E-state index contributed by atoms with van der Waals surface area (Å²) in [5.41, 5.74) is 0. The van der Waals surface area contributed by atoms with Gasteiger partial charge in [0.1, 0.15) is 0 Å². The maximum Gasteiger partial charge on any atom is 0.245 e. The molecule has 4 heteroatoms. The van der Waals surface area contributed by atoms with Crippen molar-refractivity contribution in [2.75, 3.05) is 20.7 Å². The van der Waals surface area contributed by atoms with Crippen LogP contribution in [0.3, 0.4) is 0 Å². The molecule has 0 aliphatic rings. The van der Waals surface area contributed by atoms with Gasteiger partial charge < -0.3 is 9.33 Å². The van der Waals surface area contributed by atoms with E-state index in [9.17, 15) is 4.79 Å². The van der Waals surface area contributed by atoms with Gasteiger partial charge in [0.2, 0.25) is 5.91 Å². The van der Waals surface area contributed by atoms with Gasteiger partial charge in [-0.15, -0.1) is 0 Å². The van der Waals surface area contributed by atoms with Gasteiger partial charge in [-0.25, -0.2) is 0 Å². The first-order chi connectivity index (χ1) is 7.58. The van der Waals surface area contributed by atoms with Crippen LogP contribution in [0.5, 0.6) is 0 Å². The topological polar surface area (TPSA) is 29.5 Å². The normalized spacial score (nSPS) is 13.1. The third kappa shape index (κ3) is 6.03. The Balaban J connectivity index is 3.98. The maximum absolute atomic E-state index is 11.3. The van der Waals surface area contributed by atoms with Crippen LogP contribution in [0.2, 0.25) is 18.1 Å². The molecule has 0 aliphatic heterocycles. The highest BCUT2D eigenvalue weighted by Crippen LogP contribution is 2.36. The number of hydrogen-bond donors (Lipinski definition) is 0. The number of likely N-dealkylation sites (N-methyl/N-ethyl adjacent to an activating group) is 1. The smallest absolute Gasteiger partial charge is 0.245 e. The molecule has 3 nitrogen and oxygen atoms in total. The summed E-state index contributed by atoms with van der Waals surface area (Å²) in [5, 5.41) is 0.246. The average molecular weight is 257 g/mol. The summed E-state index contributed by atoms with van der Waals surface area (Å²) in [7, 11) is 1.86. The van der Waals surface area contributed by atoms with Crippen LogP contribution >= 0.6 is 0 Å². The first-order valence-corrected chi connectivity index (χ1v) is 9.00. The van der Waals surface area contributed by atoms with E-state index in [1.165, 1.54) is 0 Å². The van der Waals surface area contributed by atoms with Crippen LogP contribution in [0.1, 0.15) is 27.2 Å². The van der Waals surface area contributed by atoms with Crippen molar-refractivity contribution in [3.8, 4) is 0 Å². The van der Waals surface area contributed by atoms with Crippen LogP contribution in [0.4, 0.5) is 0 Å². The fourth-order valence-electron chi connectivity index (χ4n) is 0.932. The average Bonchev–Trinajstić information content (AvgIpc) is 2.14. The molecule has 1 amide bonds. The number of rotatable bonds is 5. The van der Waals surface area contributed by atoms with Crippen molar-refractivity contribution in [1.29, 1.82) is 0 Å². The molecular formula is C13H27NO2Si. The zero-order valence-electron chi connectivity index (χ0n) is 12.3. The standard InChI is InChI=1S/C13H27NO2Si/c1-13(2,3)17(6,7)16-11-9-8-10-12(15)14(4)5/h8,10H,9,11H2,1-7H3. The zero-order chi connectivity index (χ0) is 13.7. The number of hydrogen-bond acceptors (Lipinski definition) is 2. The number of carbonyl (C=O) groups is 1. The minimum atomic E-state index is -1.63. The van der Waals surface area contributed by atoms with Crippen LogP contribution < -0.4 is 0 Å². The quantitative estimate of drug-likeness (QED) is 0.430. The molecule has 0 aliphatic carbocycles. The van der Waals surface area contributed by atoms with E-state index in [1.54, 1.807) is 25.1 Å². The first kappa shape index (κ1) is 16.4. The molecular weight excluding hydrogens is 230 g/mol. The van der Waals surface area contributed by atoms with Crippen LogP contribution in [0.15, 0.2) is 12.2 Å². The van der Waals surface area contributed by atoms with Gasteiger partial charge in [0.05, 0.1) is 0 Å². The lowest BCUT2D eigenvalue weighted by atomic mass is 10.2. The molecule has 100 valence electrons. The molecule has 0 heterocycles. The van der Waals surface area contributed by atoms with Gasteiger partial charge in [-0.05, 0) is 30.6 Å². The van der Waals surface area contributed by atoms with E-state index in [0.717, 1.165) is 6.42 Å². The molecule has 0 unspecified atom stereocenters. The predicted molar refractivity (Wildman–Crippen MR) is 75.6 cm³/mol. The second-order valence-corrected chi connectivity index (χ2v) is 10.8. The molecule has 0 N–H and O–H groups in total. The Kier molecular flexibility index (Phi) is 6.13. The van der Waals surface area contributed by atoms with Crippen molar-refractivity contribution < 1.29 is 9.22 Å². The minimum Gasteiger partial charge on any atom is -0.417 e. The van der Waals surface area contributed by atoms with E-state index in [0.29, 0.717) is 6.61 Å². The predicted octanol–water partition coefficient (Wildman–Crippen LogP) is 3.04. The fraction of sp³-hybridized carbons (Fsp3) is 0.769. The number of amides is 1. The Bertz CT molecular complexity index is 278. The summed E-state index contributed by atoms with van der Waals surface area (Å²) in [6.07, 6.45) is 4.29. The third-order valence-corrected chi connectivity index (χ3v) is 7.79. The van der Waals surface area contributed by atoms with E-state index < -0.39 is 8.32 Å². The van der Waals surface area contributed by atoms with Gasteiger partial charge in [-0.2, -0.15) is 0 Å².